The van der Waals surface area contributed by atoms with Crippen molar-refractivity contribution in [3.63, 3.8) is 0 Å². The van der Waals surface area contributed by atoms with Crippen LogP contribution in [0.4, 0.5) is 5.82 Å². The van der Waals surface area contributed by atoms with E-state index in [4.69, 9.17) is 24.7 Å². The van der Waals surface area contributed by atoms with Gasteiger partial charge in [0.1, 0.15) is 29.8 Å². The normalized spacial score (nSPS) is 21.8. The van der Waals surface area contributed by atoms with Gasteiger partial charge in [-0.15, -0.1) is 10.2 Å². The first-order chi connectivity index (χ1) is 28.6. The lowest BCUT2D eigenvalue weighted by atomic mass is 9.68. The number of benzene rings is 3. The maximum absolute atomic E-state index is 13.3. The van der Waals surface area contributed by atoms with Gasteiger partial charge in [0.2, 0.25) is 17.7 Å². The number of phenols is 1. The quantitative estimate of drug-likeness (QED) is 0.0887. The minimum atomic E-state index is -1.06. The summed E-state index contributed by atoms with van der Waals surface area (Å²) in [6.45, 7) is 2.14. The topological polar surface area (TPSA) is 222 Å². The molecular weight excluding hydrogens is 761 g/mol. The highest BCUT2D eigenvalue weighted by molar-refractivity contribution is 6.24. The van der Waals surface area contributed by atoms with Crippen molar-refractivity contribution in [1.29, 1.82) is 0 Å². The Morgan fingerprint density at radius 3 is 2.37 bits per heavy atom. The van der Waals surface area contributed by atoms with Crippen LogP contribution in [-0.4, -0.2) is 88.8 Å². The molecule has 3 aromatic carbocycles. The fraction of sp³-hybridized carbons (Fsp3) is 0.372. The minimum Gasteiger partial charge on any atom is -0.507 e. The first-order valence-electron chi connectivity index (χ1n) is 19.6. The number of nitrogen functional groups attached to an aromatic ring is 1. The average molecular weight is 805 g/mol. The minimum absolute atomic E-state index is 0.0394. The molecule has 2 unspecified atom stereocenters. The monoisotopic (exact) mass is 804 g/mol. The van der Waals surface area contributed by atoms with Crippen molar-refractivity contribution in [1.82, 2.24) is 25.7 Å². The summed E-state index contributed by atoms with van der Waals surface area (Å²) in [5, 5.41) is 23.6. The number of amides is 5. The third kappa shape index (κ3) is 8.18. The number of hydrogen-bond acceptors (Lipinski definition) is 13. The Labute approximate surface area is 339 Å². The zero-order chi connectivity index (χ0) is 41.1. The van der Waals surface area contributed by atoms with Crippen molar-refractivity contribution in [2.75, 3.05) is 38.7 Å². The van der Waals surface area contributed by atoms with E-state index in [-0.39, 0.29) is 66.3 Å². The smallest absolute Gasteiger partial charge is 0.266 e. The molecule has 59 heavy (non-hydrogen) atoms. The van der Waals surface area contributed by atoms with Crippen LogP contribution < -0.4 is 25.8 Å². The van der Waals surface area contributed by atoms with Crippen LogP contribution in [0.2, 0.25) is 0 Å². The van der Waals surface area contributed by atoms with Gasteiger partial charge in [-0.1, -0.05) is 42.5 Å². The number of aromatic nitrogens is 2. The molecule has 0 spiro atoms. The van der Waals surface area contributed by atoms with Crippen molar-refractivity contribution in [3.8, 4) is 28.5 Å². The van der Waals surface area contributed by atoms with Gasteiger partial charge in [0.15, 0.2) is 11.6 Å². The summed E-state index contributed by atoms with van der Waals surface area (Å²) in [6, 6.07) is 20.0. The van der Waals surface area contributed by atoms with Gasteiger partial charge >= 0.3 is 0 Å². The second kappa shape index (κ2) is 16.8. The van der Waals surface area contributed by atoms with Crippen molar-refractivity contribution in [2.45, 2.75) is 51.4 Å². The van der Waals surface area contributed by atoms with Crippen LogP contribution >= 0.6 is 0 Å². The number of para-hydroxylation sites is 1. The van der Waals surface area contributed by atoms with Crippen LogP contribution in [0.15, 0.2) is 72.8 Å². The fourth-order valence-corrected chi connectivity index (χ4v) is 8.53. The zero-order valence-corrected chi connectivity index (χ0v) is 32.2. The molecular formula is C43H44N6O10. The molecule has 1 aromatic heterocycles. The van der Waals surface area contributed by atoms with Gasteiger partial charge in [0.05, 0.1) is 49.6 Å². The highest BCUT2D eigenvalue weighted by atomic mass is 16.5. The molecule has 2 atom stereocenters. The number of fused-ring (bicyclic) bond motifs is 2. The van der Waals surface area contributed by atoms with E-state index < -0.39 is 35.1 Å². The highest BCUT2D eigenvalue weighted by Crippen LogP contribution is 2.62. The summed E-state index contributed by atoms with van der Waals surface area (Å²) in [4.78, 5) is 64.5. The van der Waals surface area contributed by atoms with Crippen molar-refractivity contribution < 1.29 is 48.0 Å². The number of rotatable bonds is 17. The lowest BCUT2D eigenvalue weighted by molar-refractivity contribution is -0.136. The number of piperidine rings is 1. The predicted molar refractivity (Wildman–Crippen MR) is 210 cm³/mol. The summed E-state index contributed by atoms with van der Waals surface area (Å²) in [7, 11) is 0. The van der Waals surface area contributed by atoms with Gasteiger partial charge in [0, 0.05) is 24.6 Å². The van der Waals surface area contributed by atoms with E-state index >= 15 is 0 Å². The maximum atomic E-state index is 13.3. The third-order valence-corrected chi connectivity index (χ3v) is 11.5. The molecule has 16 nitrogen and oxygen atoms in total. The standard InChI is InChI=1S/C43H44N6O10/c44-38-35(18-31(47-48-38)29-7-1-2-9-33(29)50)59-24-28-21-43(19-27(28)20-43)42(55)45-13-14-56-22-25-5-3-6-26(17-25)23-57-15-16-58-34-10-4-8-30-37(34)41(54)49(40(30)53)32-11-12-36(51)46-39(32)52/h1-10,17-18,27-28,32,50H,11-16,19-24H2,(H2,44,48)(H,45,55)(H,46,51,52). The summed E-state index contributed by atoms with van der Waals surface area (Å²) in [5.74, 6) is -0.808. The number of anilines is 1. The molecule has 1 saturated heterocycles. The molecule has 3 aliphatic carbocycles. The number of hydrogen-bond donors (Lipinski definition) is 4. The second-order valence-corrected chi connectivity index (χ2v) is 15.4. The molecule has 4 aromatic rings. The summed E-state index contributed by atoms with van der Waals surface area (Å²) in [6.07, 6.45) is 2.49. The Hall–Kier alpha value is -6.39. The van der Waals surface area contributed by atoms with E-state index in [1.807, 2.05) is 24.3 Å². The van der Waals surface area contributed by atoms with Gasteiger partial charge in [-0.2, -0.15) is 0 Å². The van der Waals surface area contributed by atoms with Crippen LogP contribution in [0.25, 0.3) is 11.3 Å². The largest absolute Gasteiger partial charge is 0.507 e. The van der Waals surface area contributed by atoms with E-state index in [1.54, 1.807) is 42.5 Å². The molecule has 3 saturated carbocycles. The number of ether oxygens (including phenoxy) is 4. The van der Waals surface area contributed by atoms with E-state index in [0.29, 0.717) is 55.9 Å². The molecule has 5 aliphatic rings. The molecule has 5 amide bonds. The van der Waals surface area contributed by atoms with Crippen LogP contribution in [0.3, 0.4) is 0 Å². The molecule has 3 heterocycles. The maximum Gasteiger partial charge on any atom is 0.266 e. The fourth-order valence-electron chi connectivity index (χ4n) is 8.53. The Balaban J connectivity index is 0.729. The Morgan fingerprint density at radius 1 is 0.847 bits per heavy atom. The number of carbonyl (C=O) groups excluding carboxylic acids is 5. The van der Waals surface area contributed by atoms with E-state index in [2.05, 4.69) is 20.8 Å². The number of imide groups is 2. The van der Waals surface area contributed by atoms with Gasteiger partial charge in [-0.3, -0.25) is 34.2 Å². The first kappa shape index (κ1) is 39.4. The molecule has 4 fully saturated rings. The number of aromatic hydroxyl groups is 1. The van der Waals surface area contributed by atoms with E-state index in [9.17, 15) is 29.1 Å². The zero-order valence-electron chi connectivity index (χ0n) is 32.2. The summed E-state index contributed by atoms with van der Waals surface area (Å²) in [5.41, 5.74) is 8.77. The predicted octanol–water partition coefficient (Wildman–Crippen LogP) is 3.56. The van der Waals surface area contributed by atoms with Gasteiger partial charge in [-0.05, 0) is 72.9 Å². The molecule has 5 N–H and O–H groups in total. The average Bonchev–Trinajstić information content (AvgIpc) is 3.86. The van der Waals surface area contributed by atoms with Gasteiger partial charge < -0.3 is 35.1 Å². The van der Waals surface area contributed by atoms with Crippen LogP contribution in [-0.2, 0) is 37.1 Å². The molecule has 9 rings (SSSR count). The van der Waals surface area contributed by atoms with E-state index in [0.717, 1.165) is 35.3 Å². The summed E-state index contributed by atoms with van der Waals surface area (Å²) < 4.78 is 23.6. The Kier molecular flexibility index (Phi) is 11.3. The van der Waals surface area contributed by atoms with Crippen molar-refractivity contribution in [2.24, 2.45) is 17.3 Å². The van der Waals surface area contributed by atoms with Gasteiger partial charge in [0.25, 0.3) is 11.8 Å². The molecule has 2 aliphatic heterocycles. The number of carbonyl (C=O) groups is 5. The second-order valence-electron chi connectivity index (χ2n) is 15.4. The first-order valence-corrected chi connectivity index (χ1v) is 19.6. The number of nitrogens with zero attached hydrogens (tertiary/aromatic N) is 3. The van der Waals surface area contributed by atoms with Crippen molar-refractivity contribution >= 4 is 35.4 Å². The van der Waals surface area contributed by atoms with E-state index in [1.165, 1.54) is 6.07 Å². The third-order valence-electron chi connectivity index (χ3n) is 11.5. The van der Waals surface area contributed by atoms with Gasteiger partial charge in [-0.25, -0.2) is 0 Å². The number of nitrogens with two attached hydrogens (primary N) is 1. The van der Waals surface area contributed by atoms with Crippen LogP contribution in [0, 0.1) is 17.3 Å². The van der Waals surface area contributed by atoms with Crippen LogP contribution in [0.5, 0.6) is 17.2 Å². The Bertz CT molecular complexity index is 2290. The summed E-state index contributed by atoms with van der Waals surface area (Å²) >= 11 is 0. The molecule has 306 valence electrons. The SMILES string of the molecule is Nc1nnc(-c2ccccc2O)cc1OCC1CC2(C(=O)NCCOCc3cccc(COCCOc4cccc5c4C(=O)N(C4CCC(=O)NC4=O)C5=O)c3)CC1C2. The molecule has 0 radical (unpaired) electrons. The highest BCUT2D eigenvalue weighted by Gasteiger charge is 2.60. The van der Waals surface area contributed by atoms with Crippen molar-refractivity contribution in [3.05, 3.63) is 95.1 Å². The molecule has 16 heteroatoms. The lowest BCUT2D eigenvalue weighted by Crippen LogP contribution is -2.54. The number of phenolic OH excluding ortho intramolecular Hbond substituents is 1. The Morgan fingerprint density at radius 2 is 1.59 bits per heavy atom. The molecule has 2 bridgehead atoms. The lowest BCUT2D eigenvalue weighted by Gasteiger charge is -2.37. The number of nitrogens with one attached hydrogen (secondary N) is 2. The van der Waals surface area contributed by atoms with Crippen LogP contribution in [0.1, 0.15) is 63.9 Å².